The van der Waals surface area contributed by atoms with Gasteiger partial charge in [-0.05, 0) is 65.5 Å². The number of carbonyl (C=O) groups excluding carboxylic acids is 1. The first kappa shape index (κ1) is 28.1. The molecule has 0 aromatic carbocycles. The van der Waals surface area contributed by atoms with Crippen molar-refractivity contribution in [2.45, 2.75) is 74.3 Å². The fourth-order valence-corrected chi connectivity index (χ4v) is 3.61. The molecule has 2 nitrogen and oxygen atoms in total. The molecule has 0 bridgehead atoms. The molecule has 176 valence electrons. The number of Topliss-reactive ketones (excluding diaryl/α,β-unsaturated/α-hetero) is 1. The standard InChI is InChI=1S/C31H40O2/c1-23(13-9-10-14-24(2)17-12-18-26(4)28(6)32)15-11-16-25(3)19-20-30-27(5)21-29(33)22-31(30,7)8/h9-18,29,33H,21-22H2,1-8H3/b10-9+,15-11+,17-12+,23-13+,24-14+,25-16+,26-18+. The average Bonchev–Trinajstić information content (AvgIpc) is 2.69. The smallest absolute Gasteiger partial charge is 0.155 e. The van der Waals surface area contributed by atoms with E-state index in [1.54, 1.807) is 6.92 Å². The van der Waals surface area contributed by atoms with Crippen molar-refractivity contribution in [2.24, 2.45) is 5.41 Å². The molecular formula is C31H40O2. The Balaban J connectivity index is 2.71. The van der Waals surface area contributed by atoms with Crippen LogP contribution in [-0.4, -0.2) is 17.0 Å². The predicted octanol–water partition coefficient (Wildman–Crippen LogP) is 7.53. The summed E-state index contributed by atoms with van der Waals surface area (Å²) in [5, 5.41) is 10.0. The zero-order valence-electron chi connectivity index (χ0n) is 21.6. The molecule has 0 aromatic heterocycles. The summed E-state index contributed by atoms with van der Waals surface area (Å²) >= 11 is 0. The minimum atomic E-state index is -0.260. The highest BCUT2D eigenvalue weighted by atomic mass is 16.3. The minimum Gasteiger partial charge on any atom is -0.393 e. The van der Waals surface area contributed by atoms with Gasteiger partial charge in [0, 0.05) is 11.0 Å². The Morgan fingerprint density at radius 2 is 1.45 bits per heavy atom. The van der Waals surface area contributed by atoms with Crippen LogP contribution in [0.25, 0.3) is 0 Å². The third-order valence-corrected chi connectivity index (χ3v) is 5.57. The fourth-order valence-electron chi connectivity index (χ4n) is 3.61. The molecule has 1 aliphatic carbocycles. The van der Waals surface area contributed by atoms with Gasteiger partial charge in [-0.25, -0.2) is 0 Å². The van der Waals surface area contributed by atoms with E-state index < -0.39 is 0 Å². The molecule has 1 rings (SSSR count). The van der Waals surface area contributed by atoms with Crippen molar-refractivity contribution < 1.29 is 9.90 Å². The Kier molecular flexibility index (Phi) is 11.6. The van der Waals surface area contributed by atoms with E-state index in [1.165, 1.54) is 5.57 Å². The second kappa shape index (κ2) is 13.6. The average molecular weight is 445 g/mol. The van der Waals surface area contributed by atoms with Crippen molar-refractivity contribution in [3.8, 4) is 11.8 Å². The van der Waals surface area contributed by atoms with Crippen molar-refractivity contribution in [3.05, 3.63) is 94.2 Å². The summed E-state index contributed by atoms with van der Waals surface area (Å²) in [5.41, 5.74) is 6.29. The van der Waals surface area contributed by atoms with Crippen LogP contribution < -0.4 is 0 Å². The molecule has 1 N–H and O–H groups in total. The lowest BCUT2D eigenvalue weighted by molar-refractivity contribution is -0.113. The van der Waals surface area contributed by atoms with E-state index in [-0.39, 0.29) is 17.3 Å². The summed E-state index contributed by atoms with van der Waals surface area (Å²) in [7, 11) is 0. The lowest BCUT2D eigenvalue weighted by Crippen LogP contribution is -2.28. The number of hydrogen-bond acceptors (Lipinski definition) is 2. The van der Waals surface area contributed by atoms with E-state index >= 15 is 0 Å². The third kappa shape index (κ3) is 11.0. The second-order valence-corrected chi connectivity index (χ2v) is 9.53. The molecule has 2 heteroatoms. The molecule has 0 fully saturated rings. The van der Waals surface area contributed by atoms with E-state index in [9.17, 15) is 9.90 Å². The molecule has 33 heavy (non-hydrogen) atoms. The number of ketones is 1. The number of aliphatic hydroxyl groups is 1. The number of carbonyl (C=O) groups is 1. The quantitative estimate of drug-likeness (QED) is 0.250. The van der Waals surface area contributed by atoms with Crippen LogP contribution in [0, 0.1) is 17.3 Å². The van der Waals surface area contributed by atoms with Crippen LogP contribution >= 0.6 is 0 Å². The first-order chi connectivity index (χ1) is 15.4. The van der Waals surface area contributed by atoms with Crippen LogP contribution in [0.4, 0.5) is 0 Å². The lowest BCUT2D eigenvalue weighted by Gasteiger charge is -2.34. The Morgan fingerprint density at radius 1 is 0.909 bits per heavy atom. The van der Waals surface area contributed by atoms with Gasteiger partial charge in [-0.15, -0.1) is 0 Å². The maximum absolute atomic E-state index is 11.2. The van der Waals surface area contributed by atoms with Gasteiger partial charge in [0.1, 0.15) is 0 Å². The van der Waals surface area contributed by atoms with Crippen molar-refractivity contribution in [1.29, 1.82) is 0 Å². The molecule has 0 aliphatic heterocycles. The van der Waals surface area contributed by atoms with Gasteiger partial charge >= 0.3 is 0 Å². The largest absolute Gasteiger partial charge is 0.393 e. The number of hydrogen-bond donors (Lipinski definition) is 1. The van der Waals surface area contributed by atoms with Crippen LogP contribution in [0.2, 0.25) is 0 Å². The molecule has 0 aromatic rings. The van der Waals surface area contributed by atoms with Gasteiger partial charge < -0.3 is 5.11 Å². The van der Waals surface area contributed by atoms with Crippen LogP contribution in [0.5, 0.6) is 0 Å². The second-order valence-electron chi connectivity index (χ2n) is 9.53. The Labute approximate surface area is 201 Å². The Bertz CT molecular complexity index is 1020. The van der Waals surface area contributed by atoms with Gasteiger partial charge in [-0.2, -0.15) is 0 Å². The number of aliphatic hydroxyl groups excluding tert-OH is 1. The number of rotatable bonds is 7. The van der Waals surface area contributed by atoms with Gasteiger partial charge in [0.05, 0.1) is 6.10 Å². The minimum absolute atomic E-state index is 0.0800. The molecule has 0 amide bonds. The van der Waals surface area contributed by atoms with Gasteiger partial charge in [0.25, 0.3) is 0 Å². The molecule has 1 unspecified atom stereocenters. The maximum atomic E-state index is 11.2. The summed E-state index contributed by atoms with van der Waals surface area (Å²) < 4.78 is 0. The maximum Gasteiger partial charge on any atom is 0.155 e. The molecule has 0 saturated heterocycles. The fraction of sp³-hybridized carbons (Fsp3) is 0.387. The van der Waals surface area contributed by atoms with E-state index in [0.29, 0.717) is 0 Å². The van der Waals surface area contributed by atoms with Gasteiger partial charge in [-0.3, -0.25) is 4.79 Å². The predicted molar refractivity (Wildman–Crippen MR) is 143 cm³/mol. The van der Waals surface area contributed by atoms with E-state index in [4.69, 9.17) is 0 Å². The normalized spacial score (nSPS) is 20.7. The zero-order chi connectivity index (χ0) is 25.0. The molecule has 0 spiro atoms. The SMILES string of the molecule is CC(=O)/C(C)=C/C=C/C(C)=C/C=C/C=C(C)/C=C/C=C(\C)C#CC1=C(C)CC(O)CC1(C)C. The van der Waals surface area contributed by atoms with Crippen LogP contribution in [-0.2, 0) is 4.79 Å². The highest BCUT2D eigenvalue weighted by Crippen LogP contribution is 2.39. The summed E-state index contributed by atoms with van der Waals surface area (Å²) in [6.07, 6.45) is 21.1. The first-order valence-corrected chi connectivity index (χ1v) is 11.6. The van der Waals surface area contributed by atoms with Crippen LogP contribution in [0.15, 0.2) is 94.2 Å². The molecule has 1 aliphatic rings. The summed E-state index contributed by atoms with van der Waals surface area (Å²) in [4.78, 5) is 11.2. The van der Waals surface area contributed by atoms with Gasteiger partial charge in [-0.1, -0.05) is 103 Å². The van der Waals surface area contributed by atoms with E-state index in [1.807, 2.05) is 69.4 Å². The monoisotopic (exact) mass is 444 g/mol. The van der Waals surface area contributed by atoms with Crippen molar-refractivity contribution in [2.75, 3.05) is 0 Å². The summed E-state index contributed by atoms with van der Waals surface area (Å²) in [6.45, 7) is 15.9. The topological polar surface area (TPSA) is 37.3 Å². The van der Waals surface area contributed by atoms with E-state index in [0.717, 1.165) is 40.7 Å². The highest BCUT2D eigenvalue weighted by molar-refractivity contribution is 5.92. The van der Waals surface area contributed by atoms with Crippen molar-refractivity contribution >= 4 is 5.78 Å². The van der Waals surface area contributed by atoms with Crippen LogP contribution in [0.1, 0.15) is 68.2 Å². The molecule has 0 radical (unpaired) electrons. The Hall–Kier alpha value is -2.89. The summed E-state index contributed by atoms with van der Waals surface area (Å²) in [6, 6.07) is 0. The van der Waals surface area contributed by atoms with Crippen molar-refractivity contribution in [3.63, 3.8) is 0 Å². The molecule has 1 atom stereocenters. The lowest BCUT2D eigenvalue weighted by atomic mass is 9.72. The summed E-state index contributed by atoms with van der Waals surface area (Å²) in [5.74, 6) is 6.72. The Morgan fingerprint density at radius 3 is 1.97 bits per heavy atom. The third-order valence-electron chi connectivity index (χ3n) is 5.57. The van der Waals surface area contributed by atoms with E-state index in [2.05, 4.69) is 51.7 Å². The molecule has 0 heterocycles. The van der Waals surface area contributed by atoms with Crippen molar-refractivity contribution in [1.82, 2.24) is 0 Å². The van der Waals surface area contributed by atoms with Gasteiger partial charge in [0.2, 0.25) is 0 Å². The molecular weight excluding hydrogens is 404 g/mol. The number of allylic oxidation sites excluding steroid dienone is 15. The van der Waals surface area contributed by atoms with Crippen LogP contribution in [0.3, 0.4) is 0 Å². The first-order valence-electron chi connectivity index (χ1n) is 11.6. The van der Waals surface area contributed by atoms with Gasteiger partial charge in [0.15, 0.2) is 5.78 Å². The zero-order valence-corrected chi connectivity index (χ0v) is 21.6. The highest BCUT2D eigenvalue weighted by Gasteiger charge is 2.31. The molecule has 0 saturated carbocycles.